The van der Waals surface area contributed by atoms with Crippen LogP contribution in [-0.4, -0.2) is 4.57 Å². The largest absolute Gasteiger partial charge is 0.408 e. The highest BCUT2D eigenvalue weighted by Gasteiger charge is 2.20. The van der Waals surface area contributed by atoms with E-state index in [1.807, 2.05) is 13.1 Å². The van der Waals surface area contributed by atoms with Gasteiger partial charge in [-0.05, 0) is 36.4 Å². The average molecular weight is 361 g/mol. The van der Waals surface area contributed by atoms with E-state index in [1.54, 1.807) is 11.3 Å². The van der Waals surface area contributed by atoms with Crippen molar-refractivity contribution >= 4 is 33.1 Å². The maximum Gasteiger partial charge on any atom is 0.408 e. The molecule has 0 saturated heterocycles. The first-order chi connectivity index (χ1) is 12.6. The standard InChI is InChI=1S/C21H21N4S/c1-14-15(2)26-21(24(14)3)23-22-19-17-12-8-9-13-18(17)25(4)20(19)16-10-6-5-7-11-16/h5-13H,1-4H3/q+1. The van der Waals surface area contributed by atoms with E-state index in [0.717, 1.165) is 33.0 Å². The van der Waals surface area contributed by atoms with Crippen LogP contribution in [0.25, 0.3) is 22.2 Å². The van der Waals surface area contributed by atoms with E-state index in [1.165, 1.54) is 10.6 Å². The number of para-hydroxylation sites is 1. The predicted octanol–water partition coefficient (Wildman–Crippen LogP) is 5.76. The van der Waals surface area contributed by atoms with Crippen molar-refractivity contribution in [2.45, 2.75) is 13.8 Å². The zero-order valence-electron chi connectivity index (χ0n) is 15.4. The molecule has 0 aliphatic rings. The van der Waals surface area contributed by atoms with Gasteiger partial charge in [0.25, 0.3) is 0 Å². The second-order valence-electron chi connectivity index (χ2n) is 6.42. The highest BCUT2D eigenvalue weighted by Crippen LogP contribution is 2.40. The fourth-order valence-electron chi connectivity index (χ4n) is 3.24. The molecule has 0 aliphatic heterocycles. The third-order valence-corrected chi connectivity index (χ3v) is 6.05. The molecular weight excluding hydrogens is 340 g/mol. The number of nitrogens with zero attached hydrogens (tertiary/aromatic N) is 4. The van der Waals surface area contributed by atoms with Crippen LogP contribution >= 0.6 is 11.3 Å². The second-order valence-corrected chi connectivity index (χ2v) is 7.61. The monoisotopic (exact) mass is 361 g/mol. The van der Waals surface area contributed by atoms with Crippen molar-refractivity contribution in [2.24, 2.45) is 24.3 Å². The number of hydrogen-bond acceptors (Lipinski definition) is 3. The van der Waals surface area contributed by atoms with Gasteiger partial charge in [0.05, 0.1) is 28.2 Å². The highest BCUT2D eigenvalue weighted by atomic mass is 32.1. The molecule has 4 rings (SSSR count). The Labute approximate surface area is 157 Å². The summed E-state index contributed by atoms with van der Waals surface area (Å²) in [4.78, 5) is 1.27. The van der Waals surface area contributed by atoms with Crippen LogP contribution < -0.4 is 4.57 Å². The number of aromatic nitrogens is 2. The van der Waals surface area contributed by atoms with Crippen LogP contribution in [0.1, 0.15) is 10.6 Å². The van der Waals surface area contributed by atoms with Crippen LogP contribution in [-0.2, 0) is 14.1 Å². The summed E-state index contributed by atoms with van der Waals surface area (Å²) in [5.41, 5.74) is 5.53. The summed E-state index contributed by atoms with van der Waals surface area (Å²) in [5, 5.41) is 11.3. The van der Waals surface area contributed by atoms with Gasteiger partial charge in [-0.15, -0.1) is 0 Å². The van der Waals surface area contributed by atoms with E-state index in [9.17, 15) is 0 Å². The van der Waals surface area contributed by atoms with Gasteiger partial charge in [0.2, 0.25) is 0 Å². The summed E-state index contributed by atoms with van der Waals surface area (Å²) in [5.74, 6) is 0. The topological polar surface area (TPSA) is 33.5 Å². The first-order valence-electron chi connectivity index (χ1n) is 8.58. The van der Waals surface area contributed by atoms with E-state index in [0.29, 0.717) is 0 Å². The number of aryl methyl sites for hydroxylation is 2. The van der Waals surface area contributed by atoms with Crippen LogP contribution in [0.15, 0.2) is 64.8 Å². The smallest absolute Gasteiger partial charge is 0.342 e. The molecule has 0 amide bonds. The van der Waals surface area contributed by atoms with Gasteiger partial charge in [0.15, 0.2) is 0 Å². The minimum atomic E-state index is 0.909. The maximum atomic E-state index is 4.71. The molecule has 0 unspecified atom stereocenters. The van der Waals surface area contributed by atoms with Crippen molar-refractivity contribution in [3.05, 3.63) is 65.2 Å². The summed E-state index contributed by atoms with van der Waals surface area (Å²) < 4.78 is 4.29. The molecule has 4 nitrogen and oxygen atoms in total. The zero-order chi connectivity index (χ0) is 18.3. The molecule has 26 heavy (non-hydrogen) atoms. The predicted molar refractivity (Wildman–Crippen MR) is 108 cm³/mol. The van der Waals surface area contributed by atoms with Gasteiger partial charge in [-0.2, -0.15) is 0 Å². The number of fused-ring (bicyclic) bond motifs is 1. The maximum absolute atomic E-state index is 4.71. The SMILES string of the molecule is Cc1sc(/N=N/c2c(-c3ccccc3)n(C)c3ccccc23)[n+](C)c1C. The van der Waals surface area contributed by atoms with Crippen molar-refractivity contribution in [2.75, 3.05) is 0 Å². The quantitative estimate of drug-likeness (QED) is 0.328. The summed E-state index contributed by atoms with van der Waals surface area (Å²) in [6.45, 7) is 4.23. The molecule has 2 aromatic carbocycles. The Balaban J connectivity index is 1.94. The van der Waals surface area contributed by atoms with Crippen molar-refractivity contribution in [1.82, 2.24) is 4.57 Å². The molecule has 0 N–H and O–H groups in total. The van der Waals surface area contributed by atoms with Gasteiger partial charge in [-0.1, -0.05) is 48.5 Å². The molecule has 5 heteroatoms. The number of thiazole rings is 1. The molecule has 0 atom stereocenters. The first-order valence-corrected chi connectivity index (χ1v) is 9.40. The Bertz CT molecular complexity index is 1120. The van der Waals surface area contributed by atoms with E-state index in [2.05, 4.69) is 83.7 Å². The van der Waals surface area contributed by atoms with Crippen LogP contribution in [0.3, 0.4) is 0 Å². The molecule has 0 radical (unpaired) electrons. The van der Waals surface area contributed by atoms with Crippen molar-refractivity contribution in [1.29, 1.82) is 0 Å². The molecular formula is C21H21N4S+. The average Bonchev–Trinajstić information content (AvgIpc) is 3.09. The zero-order valence-corrected chi connectivity index (χ0v) is 16.2. The van der Waals surface area contributed by atoms with Crippen LogP contribution in [0, 0.1) is 13.8 Å². The molecule has 0 spiro atoms. The third-order valence-electron chi connectivity index (χ3n) is 4.91. The minimum Gasteiger partial charge on any atom is -0.342 e. The van der Waals surface area contributed by atoms with Crippen molar-refractivity contribution in [3.8, 4) is 11.3 Å². The van der Waals surface area contributed by atoms with Gasteiger partial charge >= 0.3 is 5.13 Å². The summed E-state index contributed by atoms with van der Waals surface area (Å²) >= 11 is 1.67. The Morgan fingerprint density at radius 3 is 2.31 bits per heavy atom. The lowest BCUT2D eigenvalue weighted by Gasteiger charge is -2.04. The normalized spacial score (nSPS) is 11.7. The van der Waals surface area contributed by atoms with Gasteiger partial charge in [0, 0.05) is 18.0 Å². The molecule has 0 fully saturated rings. The molecule has 0 saturated carbocycles. The summed E-state index contributed by atoms with van der Waals surface area (Å²) in [6, 6.07) is 18.7. The summed E-state index contributed by atoms with van der Waals surface area (Å²) in [7, 11) is 4.12. The van der Waals surface area contributed by atoms with Gasteiger partial charge in [-0.25, -0.2) is 4.57 Å². The molecule has 2 heterocycles. The highest BCUT2D eigenvalue weighted by molar-refractivity contribution is 7.14. The number of hydrogen-bond donors (Lipinski definition) is 0. The Kier molecular flexibility index (Phi) is 4.17. The lowest BCUT2D eigenvalue weighted by molar-refractivity contribution is -0.660. The van der Waals surface area contributed by atoms with Gasteiger partial charge in [-0.3, -0.25) is 0 Å². The fraction of sp³-hybridized carbons (Fsp3) is 0.190. The fourth-order valence-corrected chi connectivity index (χ4v) is 4.15. The summed E-state index contributed by atoms with van der Waals surface area (Å²) in [6.07, 6.45) is 0. The first kappa shape index (κ1) is 16.7. The molecule has 130 valence electrons. The molecule has 4 aromatic rings. The Morgan fingerprint density at radius 1 is 0.923 bits per heavy atom. The van der Waals surface area contributed by atoms with Crippen LogP contribution in [0.5, 0.6) is 0 Å². The van der Waals surface area contributed by atoms with Gasteiger partial charge in [0.1, 0.15) is 11.4 Å². The van der Waals surface area contributed by atoms with E-state index in [4.69, 9.17) is 5.11 Å². The number of azo groups is 1. The number of rotatable bonds is 3. The van der Waals surface area contributed by atoms with Crippen molar-refractivity contribution in [3.63, 3.8) is 0 Å². The minimum absolute atomic E-state index is 0.909. The van der Waals surface area contributed by atoms with Crippen LogP contribution in [0.2, 0.25) is 0 Å². The Morgan fingerprint density at radius 2 is 1.62 bits per heavy atom. The lowest BCUT2D eigenvalue weighted by Crippen LogP contribution is -2.28. The molecule has 2 aromatic heterocycles. The van der Waals surface area contributed by atoms with E-state index >= 15 is 0 Å². The van der Waals surface area contributed by atoms with Crippen LogP contribution in [0.4, 0.5) is 10.8 Å². The molecule has 0 aliphatic carbocycles. The van der Waals surface area contributed by atoms with E-state index in [-0.39, 0.29) is 0 Å². The lowest BCUT2D eigenvalue weighted by atomic mass is 10.1. The van der Waals surface area contributed by atoms with E-state index < -0.39 is 0 Å². The third kappa shape index (κ3) is 2.65. The van der Waals surface area contributed by atoms with Crippen molar-refractivity contribution < 1.29 is 4.57 Å². The second kappa shape index (κ2) is 6.50. The van der Waals surface area contributed by atoms with Gasteiger partial charge < -0.3 is 4.57 Å². The Hall–Kier alpha value is -2.79. The number of benzene rings is 2. The molecule has 0 bridgehead atoms.